The maximum absolute atomic E-state index is 12.4. The molecule has 24 heavy (non-hydrogen) atoms. The Hall–Kier alpha value is -1.68. The first-order chi connectivity index (χ1) is 11.2. The Kier molecular flexibility index (Phi) is 5.81. The van der Waals surface area contributed by atoms with Gasteiger partial charge in [0.15, 0.2) is 5.03 Å². The van der Waals surface area contributed by atoms with E-state index in [2.05, 4.69) is 4.98 Å². The smallest absolute Gasteiger partial charge is 0.378 e. The summed E-state index contributed by atoms with van der Waals surface area (Å²) >= 11 is 0. The highest BCUT2D eigenvalue weighted by Gasteiger charge is 2.31. The number of ether oxygens (including phenoxy) is 1. The Morgan fingerprint density at radius 3 is 2.62 bits per heavy atom. The van der Waals surface area contributed by atoms with Crippen LogP contribution < -0.4 is 4.72 Å². The van der Waals surface area contributed by atoms with Gasteiger partial charge in [-0.3, -0.25) is 4.79 Å². The van der Waals surface area contributed by atoms with Gasteiger partial charge in [0.1, 0.15) is 0 Å². The Morgan fingerprint density at radius 1 is 1.33 bits per heavy atom. The third-order valence-corrected chi connectivity index (χ3v) is 4.84. The molecule has 1 aromatic rings. The number of amides is 1. The summed E-state index contributed by atoms with van der Waals surface area (Å²) in [6.07, 6.45) is -1.15. The molecule has 10 heteroatoms. The van der Waals surface area contributed by atoms with Crippen molar-refractivity contribution in [1.29, 1.82) is 0 Å². The number of halogens is 3. The second-order valence-electron chi connectivity index (χ2n) is 5.44. The summed E-state index contributed by atoms with van der Waals surface area (Å²) in [6, 6.07) is 1.31. The van der Waals surface area contributed by atoms with E-state index in [1.165, 1.54) is 0 Å². The molecule has 1 aromatic heterocycles. The molecule has 1 amide bonds. The summed E-state index contributed by atoms with van der Waals surface area (Å²) in [4.78, 5) is 15.0. The van der Waals surface area contributed by atoms with Crippen LogP contribution in [0, 0.1) is 0 Å². The van der Waals surface area contributed by atoms with Gasteiger partial charge >= 0.3 is 6.18 Å². The Labute approximate surface area is 137 Å². The molecule has 0 saturated carbocycles. The van der Waals surface area contributed by atoms with E-state index in [1.807, 2.05) is 0 Å². The van der Waals surface area contributed by atoms with Crippen LogP contribution in [0.15, 0.2) is 23.4 Å². The molecule has 0 aromatic carbocycles. The van der Waals surface area contributed by atoms with E-state index in [-0.39, 0.29) is 12.5 Å². The van der Waals surface area contributed by atoms with Crippen LogP contribution in [-0.2, 0) is 25.7 Å². The van der Waals surface area contributed by atoms with E-state index >= 15 is 0 Å². The van der Waals surface area contributed by atoms with E-state index in [4.69, 9.17) is 4.74 Å². The number of alkyl halides is 3. The number of pyridine rings is 1. The first-order valence-electron chi connectivity index (χ1n) is 7.39. The van der Waals surface area contributed by atoms with Crippen molar-refractivity contribution in [3.63, 3.8) is 0 Å². The fourth-order valence-electron chi connectivity index (χ4n) is 2.29. The summed E-state index contributed by atoms with van der Waals surface area (Å²) in [5.74, 6) is -0.745. The highest BCUT2D eigenvalue weighted by Crippen LogP contribution is 2.28. The number of hydrogen-bond acceptors (Lipinski definition) is 5. The number of carbonyl (C=O) groups is 1. The molecule has 1 unspecified atom stereocenters. The average molecular weight is 366 g/mol. The number of nitrogens with zero attached hydrogens (tertiary/aromatic N) is 1. The van der Waals surface area contributed by atoms with Crippen LogP contribution in [0.1, 0.15) is 37.7 Å². The molecule has 0 bridgehead atoms. The molecular formula is C14H17F3N2O4S. The summed E-state index contributed by atoms with van der Waals surface area (Å²) in [6.45, 7) is 0.625. The third-order valence-electron chi connectivity index (χ3n) is 3.55. The van der Waals surface area contributed by atoms with Crippen molar-refractivity contribution >= 4 is 15.9 Å². The SMILES string of the molecule is O=C(CCC1CCCCO1)NS(=O)(=O)c1ccc(C(F)(F)F)cn1. The maximum atomic E-state index is 12.4. The van der Waals surface area contributed by atoms with Gasteiger partial charge in [0.05, 0.1) is 11.7 Å². The average Bonchev–Trinajstić information content (AvgIpc) is 2.53. The third kappa shape index (κ3) is 5.17. The van der Waals surface area contributed by atoms with Crippen molar-refractivity contribution in [2.45, 2.75) is 49.4 Å². The molecule has 0 spiro atoms. The van der Waals surface area contributed by atoms with Gasteiger partial charge in [0, 0.05) is 19.2 Å². The Balaban J connectivity index is 1.93. The van der Waals surface area contributed by atoms with Crippen LogP contribution >= 0.6 is 0 Å². The summed E-state index contributed by atoms with van der Waals surface area (Å²) in [7, 11) is -4.29. The second-order valence-corrected chi connectivity index (χ2v) is 7.07. The molecule has 6 nitrogen and oxygen atoms in total. The van der Waals surface area contributed by atoms with Crippen LogP contribution in [0.2, 0.25) is 0 Å². The lowest BCUT2D eigenvalue weighted by atomic mass is 10.0. The minimum Gasteiger partial charge on any atom is -0.378 e. The van der Waals surface area contributed by atoms with Gasteiger partial charge in [-0.15, -0.1) is 0 Å². The lowest BCUT2D eigenvalue weighted by Crippen LogP contribution is -2.32. The molecule has 134 valence electrons. The molecule has 2 rings (SSSR count). The van der Waals surface area contributed by atoms with Crippen LogP contribution in [-0.4, -0.2) is 32.0 Å². The number of hydrogen-bond donors (Lipinski definition) is 1. The van der Waals surface area contributed by atoms with E-state index in [0.717, 1.165) is 19.3 Å². The van der Waals surface area contributed by atoms with Crippen LogP contribution in [0.3, 0.4) is 0 Å². The molecule has 1 atom stereocenters. The predicted molar refractivity (Wildman–Crippen MR) is 77.4 cm³/mol. The van der Waals surface area contributed by atoms with Crippen molar-refractivity contribution in [2.75, 3.05) is 6.61 Å². The highest BCUT2D eigenvalue weighted by molar-refractivity contribution is 7.90. The fraction of sp³-hybridized carbons (Fsp3) is 0.571. The zero-order chi connectivity index (χ0) is 17.8. The molecule has 1 aliphatic rings. The van der Waals surface area contributed by atoms with Gasteiger partial charge in [0.2, 0.25) is 5.91 Å². The van der Waals surface area contributed by atoms with E-state index in [0.29, 0.717) is 31.4 Å². The summed E-state index contributed by atoms with van der Waals surface area (Å²) in [5, 5.41) is -0.641. The molecule has 0 aliphatic carbocycles. The zero-order valence-corrected chi connectivity index (χ0v) is 13.5. The first kappa shape index (κ1) is 18.7. The monoisotopic (exact) mass is 366 g/mol. The second kappa shape index (κ2) is 7.47. The van der Waals surface area contributed by atoms with Crippen molar-refractivity contribution in [1.82, 2.24) is 9.71 Å². The van der Waals surface area contributed by atoms with Gasteiger partial charge in [-0.1, -0.05) is 0 Å². The number of sulfonamides is 1. The fourth-order valence-corrected chi connectivity index (χ4v) is 3.23. The van der Waals surface area contributed by atoms with Gasteiger partial charge in [-0.2, -0.15) is 21.6 Å². The van der Waals surface area contributed by atoms with Crippen LogP contribution in [0.25, 0.3) is 0 Å². The zero-order valence-electron chi connectivity index (χ0n) is 12.7. The van der Waals surface area contributed by atoms with Gasteiger partial charge in [-0.25, -0.2) is 9.71 Å². The van der Waals surface area contributed by atoms with Crippen molar-refractivity contribution < 1.29 is 31.1 Å². The van der Waals surface area contributed by atoms with E-state index in [9.17, 15) is 26.4 Å². The quantitative estimate of drug-likeness (QED) is 0.864. The number of carbonyl (C=O) groups excluding carboxylic acids is 1. The minimum absolute atomic E-state index is 0.0511. The van der Waals surface area contributed by atoms with Gasteiger partial charge in [-0.05, 0) is 37.8 Å². The molecule has 1 saturated heterocycles. The molecular weight excluding hydrogens is 349 g/mol. The van der Waals surface area contributed by atoms with E-state index < -0.39 is 32.7 Å². The molecule has 2 heterocycles. The topological polar surface area (TPSA) is 85.4 Å². The number of aromatic nitrogens is 1. The standard InChI is InChI=1S/C14H17F3N2O4S/c15-14(16,17)10-4-7-13(18-9-10)24(21,22)19-12(20)6-5-11-3-1-2-8-23-11/h4,7,9,11H,1-3,5-6,8H2,(H,19,20). The molecule has 1 fully saturated rings. The Bertz CT molecular complexity index is 668. The van der Waals surface area contributed by atoms with Crippen molar-refractivity contribution in [3.05, 3.63) is 23.9 Å². The summed E-state index contributed by atoms with van der Waals surface area (Å²) < 4.78 is 68.4. The molecule has 1 N–H and O–H groups in total. The minimum atomic E-state index is -4.61. The lowest BCUT2D eigenvalue weighted by Gasteiger charge is -2.22. The highest BCUT2D eigenvalue weighted by atomic mass is 32.2. The number of nitrogens with one attached hydrogen (secondary N) is 1. The Morgan fingerprint density at radius 2 is 2.08 bits per heavy atom. The van der Waals surface area contributed by atoms with Crippen LogP contribution in [0.4, 0.5) is 13.2 Å². The van der Waals surface area contributed by atoms with Crippen LogP contribution in [0.5, 0.6) is 0 Å². The largest absolute Gasteiger partial charge is 0.417 e. The normalized spacial score (nSPS) is 19.0. The number of rotatable bonds is 5. The van der Waals surface area contributed by atoms with Gasteiger partial charge < -0.3 is 4.74 Å². The van der Waals surface area contributed by atoms with Gasteiger partial charge in [0.25, 0.3) is 10.0 Å². The van der Waals surface area contributed by atoms with Crippen molar-refractivity contribution in [2.24, 2.45) is 0 Å². The van der Waals surface area contributed by atoms with Crippen molar-refractivity contribution in [3.8, 4) is 0 Å². The predicted octanol–water partition coefficient (Wildman–Crippen LogP) is 2.25. The van der Waals surface area contributed by atoms with E-state index in [1.54, 1.807) is 4.72 Å². The summed E-state index contributed by atoms with van der Waals surface area (Å²) in [5.41, 5.74) is -1.07. The first-order valence-corrected chi connectivity index (χ1v) is 8.87. The maximum Gasteiger partial charge on any atom is 0.417 e. The lowest BCUT2D eigenvalue weighted by molar-refractivity contribution is -0.137. The molecule has 1 aliphatic heterocycles. The molecule has 0 radical (unpaired) electrons.